The number of benzene rings is 1. The van der Waals surface area contributed by atoms with Crippen molar-refractivity contribution in [3.05, 3.63) is 41.0 Å². The third-order valence-electron chi connectivity index (χ3n) is 2.58. The molecule has 0 aliphatic rings. The molecule has 0 spiro atoms. The van der Waals surface area contributed by atoms with E-state index in [0.29, 0.717) is 17.1 Å². The molecule has 0 saturated heterocycles. The molecule has 0 amide bonds. The maximum Gasteiger partial charge on any atom is 0.145 e. The molecule has 2 N–H and O–H groups in total. The zero-order valence-corrected chi connectivity index (χ0v) is 10.2. The molecule has 0 radical (unpaired) electrons. The summed E-state index contributed by atoms with van der Waals surface area (Å²) in [5.41, 5.74) is 7.76. The molecule has 1 atom stereocenters. The normalized spacial score (nSPS) is 12.4. The van der Waals surface area contributed by atoms with Crippen molar-refractivity contribution in [3.63, 3.8) is 0 Å². The highest BCUT2D eigenvalue weighted by atomic mass is 19.1. The van der Waals surface area contributed by atoms with Gasteiger partial charge in [-0.2, -0.15) is 0 Å². The van der Waals surface area contributed by atoms with Gasteiger partial charge >= 0.3 is 0 Å². The number of halogens is 1. The molecule has 6 heteroatoms. The third kappa shape index (κ3) is 2.65. The lowest BCUT2D eigenvalue weighted by molar-refractivity contribution is 0.267. The van der Waals surface area contributed by atoms with Gasteiger partial charge in [0.2, 0.25) is 0 Å². The lowest BCUT2D eigenvalue weighted by atomic mass is 10.1. The van der Waals surface area contributed by atoms with Crippen molar-refractivity contribution in [2.45, 2.75) is 26.5 Å². The van der Waals surface area contributed by atoms with E-state index in [2.05, 4.69) is 14.9 Å². The fraction of sp³-hybridized carbons (Fsp3) is 0.333. The van der Waals surface area contributed by atoms with Crippen LogP contribution in [0.15, 0.2) is 22.8 Å². The topological polar surface area (TPSA) is 74.2 Å². The van der Waals surface area contributed by atoms with Gasteiger partial charge in [0.15, 0.2) is 0 Å². The predicted molar refractivity (Wildman–Crippen MR) is 62.4 cm³/mol. The molecule has 2 aromatic rings. The van der Waals surface area contributed by atoms with E-state index in [1.807, 2.05) is 6.92 Å². The average Bonchev–Trinajstić information content (AvgIpc) is 2.72. The van der Waals surface area contributed by atoms with Gasteiger partial charge in [0.25, 0.3) is 0 Å². The molecule has 0 saturated carbocycles. The largest absolute Gasteiger partial charge is 0.487 e. The Balaban J connectivity index is 2.18. The highest BCUT2D eigenvalue weighted by molar-refractivity contribution is 5.36. The van der Waals surface area contributed by atoms with Gasteiger partial charge in [-0.1, -0.05) is 16.4 Å². The van der Waals surface area contributed by atoms with Gasteiger partial charge in [-0.25, -0.2) is 9.02 Å². The van der Waals surface area contributed by atoms with Crippen LogP contribution >= 0.6 is 0 Å². The summed E-state index contributed by atoms with van der Waals surface area (Å²) < 4.78 is 23.3. The number of nitrogens with zero attached hydrogens (tertiary/aromatic N) is 2. The van der Waals surface area contributed by atoms with Gasteiger partial charge in [0, 0.05) is 17.7 Å². The minimum atomic E-state index is -0.371. The van der Waals surface area contributed by atoms with Crippen molar-refractivity contribution in [2.24, 2.45) is 5.73 Å². The summed E-state index contributed by atoms with van der Waals surface area (Å²) in [4.78, 5) is 0. The molecule has 1 aromatic heterocycles. The van der Waals surface area contributed by atoms with Crippen LogP contribution < -0.4 is 10.5 Å². The van der Waals surface area contributed by atoms with Gasteiger partial charge in [-0.05, 0) is 19.9 Å². The van der Waals surface area contributed by atoms with Crippen LogP contribution in [0, 0.1) is 12.7 Å². The van der Waals surface area contributed by atoms with Crippen LogP contribution in [-0.4, -0.2) is 10.3 Å². The van der Waals surface area contributed by atoms with Crippen molar-refractivity contribution in [3.8, 4) is 5.75 Å². The Bertz CT molecular complexity index is 540. The van der Waals surface area contributed by atoms with Crippen molar-refractivity contribution >= 4 is 0 Å². The van der Waals surface area contributed by atoms with Crippen molar-refractivity contribution in [1.82, 2.24) is 10.3 Å². The summed E-state index contributed by atoms with van der Waals surface area (Å²) in [5, 5.41) is 7.33. The molecule has 0 bridgehead atoms. The number of aryl methyl sites for hydroxylation is 1. The molecule has 0 fully saturated rings. The molecule has 0 aliphatic carbocycles. The molecular weight excluding hydrogens is 237 g/mol. The van der Waals surface area contributed by atoms with E-state index in [4.69, 9.17) is 10.5 Å². The van der Waals surface area contributed by atoms with Gasteiger partial charge in [-0.15, -0.1) is 0 Å². The summed E-state index contributed by atoms with van der Waals surface area (Å²) in [6.07, 6.45) is 0. The van der Waals surface area contributed by atoms with Crippen LogP contribution in [0.3, 0.4) is 0 Å². The smallest absolute Gasteiger partial charge is 0.145 e. The van der Waals surface area contributed by atoms with Crippen molar-refractivity contribution in [2.75, 3.05) is 0 Å². The second-order valence-corrected chi connectivity index (χ2v) is 4.06. The van der Waals surface area contributed by atoms with Crippen molar-refractivity contribution < 1.29 is 13.8 Å². The van der Waals surface area contributed by atoms with Gasteiger partial charge in [0.05, 0.1) is 0 Å². The minimum absolute atomic E-state index is 0.165. The number of nitrogens with two attached hydrogens (primary N) is 1. The number of aromatic nitrogens is 2. The minimum Gasteiger partial charge on any atom is -0.487 e. The van der Waals surface area contributed by atoms with Crippen LogP contribution in [0.2, 0.25) is 0 Å². The third-order valence-corrected chi connectivity index (χ3v) is 2.58. The van der Waals surface area contributed by atoms with Crippen LogP contribution in [0.25, 0.3) is 0 Å². The van der Waals surface area contributed by atoms with Crippen molar-refractivity contribution in [1.29, 1.82) is 0 Å². The summed E-state index contributed by atoms with van der Waals surface area (Å²) in [6, 6.07) is 4.04. The molecule has 96 valence electrons. The number of rotatable bonds is 4. The molecule has 18 heavy (non-hydrogen) atoms. The second kappa shape index (κ2) is 5.14. The second-order valence-electron chi connectivity index (χ2n) is 4.06. The summed E-state index contributed by atoms with van der Waals surface area (Å²) >= 11 is 0. The van der Waals surface area contributed by atoms with Crippen LogP contribution in [0.1, 0.15) is 29.9 Å². The maximum absolute atomic E-state index is 13.2. The van der Waals surface area contributed by atoms with E-state index in [0.717, 1.165) is 5.56 Å². The number of hydrogen-bond acceptors (Lipinski definition) is 5. The first-order chi connectivity index (χ1) is 8.58. The highest BCUT2D eigenvalue weighted by Gasteiger charge is 2.12. The Morgan fingerprint density at radius 1 is 1.44 bits per heavy atom. The standard InChI is InChI=1S/C12H14FN3O2/c1-7(14)10-4-3-9(13)5-12(10)17-6-11-8(2)15-18-16-11/h3-5,7H,6,14H2,1-2H3/t7-/m0/s1. The van der Waals surface area contributed by atoms with Crippen LogP contribution in [0.5, 0.6) is 5.75 Å². The molecule has 1 heterocycles. The first-order valence-electron chi connectivity index (χ1n) is 5.54. The number of ether oxygens (including phenoxy) is 1. The quantitative estimate of drug-likeness (QED) is 0.900. The molecule has 1 aromatic carbocycles. The van der Waals surface area contributed by atoms with Crippen LogP contribution in [0.4, 0.5) is 4.39 Å². The first-order valence-corrected chi connectivity index (χ1v) is 5.54. The Kier molecular flexibility index (Phi) is 3.57. The first kappa shape index (κ1) is 12.5. The van der Waals surface area contributed by atoms with Gasteiger partial charge in [0.1, 0.15) is 29.6 Å². The Labute approximate surface area is 104 Å². The lowest BCUT2D eigenvalue weighted by Crippen LogP contribution is -2.08. The van der Waals surface area contributed by atoms with E-state index in [1.54, 1.807) is 13.0 Å². The van der Waals surface area contributed by atoms with E-state index < -0.39 is 0 Å². The fourth-order valence-electron chi connectivity index (χ4n) is 1.54. The molecule has 5 nitrogen and oxygen atoms in total. The maximum atomic E-state index is 13.2. The van der Waals surface area contributed by atoms with Gasteiger partial charge in [-0.3, -0.25) is 0 Å². The SMILES string of the molecule is Cc1nonc1COc1cc(F)ccc1[C@H](C)N. The Morgan fingerprint density at radius 2 is 2.22 bits per heavy atom. The summed E-state index contributed by atoms with van der Waals surface area (Å²) in [6.45, 7) is 3.73. The molecule has 2 rings (SSSR count). The summed E-state index contributed by atoms with van der Waals surface area (Å²) in [5.74, 6) is 0.0387. The number of hydrogen-bond donors (Lipinski definition) is 1. The van der Waals surface area contributed by atoms with E-state index in [9.17, 15) is 4.39 Å². The molecule has 0 aliphatic heterocycles. The van der Waals surface area contributed by atoms with Gasteiger partial charge < -0.3 is 10.5 Å². The Hall–Kier alpha value is -1.95. The Morgan fingerprint density at radius 3 is 2.83 bits per heavy atom. The monoisotopic (exact) mass is 251 g/mol. The van der Waals surface area contributed by atoms with E-state index >= 15 is 0 Å². The van der Waals surface area contributed by atoms with E-state index in [1.165, 1.54) is 12.1 Å². The average molecular weight is 251 g/mol. The predicted octanol–water partition coefficient (Wildman–Crippen LogP) is 2.12. The zero-order valence-electron chi connectivity index (χ0n) is 10.2. The molecule has 0 unspecified atom stereocenters. The summed E-state index contributed by atoms with van der Waals surface area (Å²) in [7, 11) is 0. The fourth-order valence-corrected chi connectivity index (χ4v) is 1.54. The van der Waals surface area contributed by atoms with E-state index in [-0.39, 0.29) is 18.5 Å². The highest BCUT2D eigenvalue weighted by Crippen LogP contribution is 2.25. The molecular formula is C12H14FN3O2. The van der Waals surface area contributed by atoms with Crippen LogP contribution in [-0.2, 0) is 6.61 Å². The zero-order chi connectivity index (χ0) is 13.1. The lowest BCUT2D eigenvalue weighted by Gasteiger charge is -2.13.